The minimum atomic E-state index is -0.949. The lowest BCUT2D eigenvalue weighted by atomic mass is 10.1. The fraction of sp³-hybridized carbons (Fsp3) is 0.263. The Labute approximate surface area is 151 Å². The van der Waals surface area contributed by atoms with E-state index in [9.17, 15) is 9.59 Å². The van der Waals surface area contributed by atoms with E-state index in [2.05, 4.69) is 5.32 Å². The van der Waals surface area contributed by atoms with Crippen molar-refractivity contribution in [2.75, 3.05) is 12.4 Å². The third-order valence-electron chi connectivity index (χ3n) is 3.81. The molecule has 0 unspecified atom stereocenters. The highest BCUT2D eigenvalue weighted by atomic mass is 35.5. The molecule has 1 amide bonds. The Balaban J connectivity index is 2.01. The van der Waals surface area contributed by atoms with Gasteiger partial charge in [0.15, 0.2) is 6.10 Å². The van der Waals surface area contributed by atoms with E-state index in [0.29, 0.717) is 22.0 Å². The van der Waals surface area contributed by atoms with E-state index in [1.54, 1.807) is 30.3 Å². The van der Waals surface area contributed by atoms with Crippen LogP contribution in [0.2, 0.25) is 5.02 Å². The van der Waals surface area contributed by atoms with Gasteiger partial charge in [0, 0.05) is 5.69 Å². The molecule has 25 heavy (non-hydrogen) atoms. The Kier molecular flexibility index (Phi) is 6.04. The van der Waals surface area contributed by atoms with Gasteiger partial charge in [0.05, 0.1) is 17.7 Å². The average molecular weight is 362 g/mol. The second-order valence-electron chi connectivity index (χ2n) is 5.69. The highest BCUT2D eigenvalue weighted by Gasteiger charge is 2.19. The van der Waals surface area contributed by atoms with Crippen LogP contribution in [0.3, 0.4) is 0 Å². The summed E-state index contributed by atoms with van der Waals surface area (Å²) < 4.78 is 10.3. The van der Waals surface area contributed by atoms with Crippen LogP contribution in [0.5, 0.6) is 5.75 Å². The number of nitrogens with one attached hydrogen (secondary N) is 1. The topological polar surface area (TPSA) is 64.6 Å². The Morgan fingerprint density at radius 3 is 2.40 bits per heavy atom. The van der Waals surface area contributed by atoms with E-state index in [-0.39, 0.29) is 0 Å². The van der Waals surface area contributed by atoms with Crippen molar-refractivity contribution in [3.05, 3.63) is 58.1 Å². The van der Waals surface area contributed by atoms with Gasteiger partial charge in [-0.05, 0) is 62.2 Å². The first-order valence-electron chi connectivity index (χ1n) is 7.74. The number of hydrogen-bond donors (Lipinski definition) is 1. The zero-order valence-electron chi connectivity index (χ0n) is 14.6. The SMILES string of the molecule is COc1ccc(NC(=O)[C@H](C)OC(=O)c2ccc(C)c(C)c2)cc1Cl. The van der Waals surface area contributed by atoms with Crippen LogP contribution in [-0.2, 0) is 9.53 Å². The third-order valence-corrected chi connectivity index (χ3v) is 4.11. The molecule has 0 radical (unpaired) electrons. The molecule has 0 heterocycles. The van der Waals surface area contributed by atoms with E-state index in [0.717, 1.165) is 11.1 Å². The fourth-order valence-corrected chi connectivity index (χ4v) is 2.40. The van der Waals surface area contributed by atoms with Gasteiger partial charge in [-0.15, -0.1) is 0 Å². The van der Waals surface area contributed by atoms with Gasteiger partial charge in [-0.3, -0.25) is 4.79 Å². The smallest absolute Gasteiger partial charge is 0.338 e. The highest BCUT2D eigenvalue weighted by molar-refractivity contribution is 6.32. The normalized spacial score (nSPS) is 11.6. The number of aryl methyl sites for hydroxylation is 2. The van der Waals surface area contributed by atoms with E-state index in [1.807, 2.05) is 19.9 Å². The Bertz CT molecular complexity index is 804. The van der Waals surface area contributed by atoms with Crippen molar-refractivity contribution < 1.29 is 19.1 Å². The molecule has 1 N–H and O–H groups in total. The Morgan fingerprint density at radius 2 is 1.80 bits per heavy atom. The maximum Gasteiger partial charge on any atom is 0.338 e. The van der Waals surface area contributed by atoms with Crippen molar-refractivity contribution >= 4 is 29.2 Å². The summed E-state index contributed by atoms with van der Waals surface area (Å²) in [5.41, 5.74) is 2.97. The number of ether oxygens (including phenoxy) is 2. The van der Waals surface area contributed by atoms with Gasteiger partial charge in [-0.1, -0.05) is 17.7 Å². The van der Waals surface area contributed by atoms with Gasteiger partial charge in [0.2, 0.25) is 0 Å². The molecule has 0 saturated carbocycles. The van der Waals surface area contributed by atoms with E-state index in [1.165, 1.54) is 14.0 Å². The summed E-state index contributed by atoms with van der Waals surface area (Å²) in [6, 6.07) is 10.1. The molecule has 0 aliphatic carbocycles. The first-order chi connectivity index (χ1) is 11.8. The van der Waals surface area contributed by atoms with Crippen LogP contribution in [0.25, 0.3) is 0 Å². The largest absolute Gasteiger partial charge is 0.495 e. The van der Waals surface area contributed by atoms with Crippen LogP contribution >= 0.6 is 11.6 Å². The minimum Gasteiger partial charge on any atom is -0.495 e. The molecule has 2 aromatic rings. The molecule has 0 fully saturated rings. The molecule has 5 nitrogen and oxygen atoms in total. The lowest BCUT2D eigenvalue weighted by Crippen LogP contribution is -2.30. The van der Waals surface area contributed by atoms with Crippen LogP contribution < -0.4 is 10.1 Å². The highest BCUT2D eigenvalue weighted by Crippen LogP contribution is 2.27. The van der Waals surface area contributed by atoms with E-state index >= 15 is 0 Å². The Morgan fingerprint density at radius 1 is 1.08 bits per heavy atom. The molecule has 6 heteroatoms. The molecule has 0 bridgehead atoms. The number of carbonyl (C=O) groups is 2. The summed E-state index contributed by atoms with van der Waals surface area (Å²) in [7, 11) is 1.51. The number of rotatable bonds is 5. The van der Waals surface area contributed by atoms with Crippen molar-refractivity contribution in [1.29, 1.82) is 0 Å². The number of anilines is 1. The van der Waals surface area contributed by atoms with Crippen molar-refractivity contribution in [2.45, 2.75) is 26.9 Å². The van der Waals surface area contributed by atoms with Crippen molar-refractivity contribution in [1.82, 2.24) is 0 Å². The van der Waals surface area contributed by atoms with E-state index < -0.39 is 18.0 Å². The molecular weight excluding hydrogens is 342 g/mol. The van der Waals surface area contributed by atoms with Crippen LogP contribution in [-0.4, -0.2) is 25.1 Å². The number of methoxy groups -OCH3 is 1. The maximum absolute atomic E-state index is 12.2. The molecule has 132 valence electrons. The molecule has 1 atom stereocenters. The van der Waals surface area contributed by atoms with Gasteiger partial charge >= 0.3 is 5.97 Å². The molecule has 0 spiro atoms. The lowest BCUT2D eigenvalue weighted by Gasteiger charge is -2.14. The third kappa shape index (κ3) is 4.73. The molecule has 0 aliphatic heterocycles. The summed E-state index contributed by atoms with van der Waals surface area (Å²) in [6.45, 7) is 5.38. The first kappa shape index (κ1) is 18.8. The second-order valence-corrected chi connectivity index (χ2v) is 6.09. The zero-order valence-corrected chi connectivity index (χ0v) is 15.3. The molecular formula is C19H20ClNO4. The molecule has 0 saturated heterocycles. The van der Waals surface area contributed by atoms with E-state index in [4.69, 9.17) is 21.1 Å². The van der Waals surface area contributed by atoms with Crippen LogP contribution in [0.15, 0.2) is 36.4 Å². The van der Waals surface area contributed by atoms with Gasteiger partial charge in [0.1, 0.15) is 5.75 Å². The number of hydrogen-bond acceptors (Lipinski definition) is 4. The van der Waals surface area contributed by atoms with Crippen LogP contribution in [0, 0.1) is 13.8 Å². The number of carbonyl (C=O) groups excluding carboxylic acids is 2. The van der Waals surface area contributed by atoms with Crippen LogP contribution in [0.4, 0.5) is 5.69 Å². The summed E-state index contributed by atoms with van der Waals surface area (Å²) >= 11 is 6.02. The molecule has 2 aromatic carbocycles. The number of amides is 1. The maximum atomic E-state index is 12.2. The molecule has 0 aliphatic rings. The minimum absolute atomic E-state index is 0.375. The molecule has 2 rings (SSSR count). The fourth-order valence-electron chi connectivity index (χ4n) is 2.14. The standard InChI is InChI=1S/C19H20ClNO4/c1-11-5-6-14(9-12(11)2)19(23)25-13(3)18(22)21-15-7-8-17(24-4)16(20)10-15/h5-10,13H,1-4H3,(H,21,22)/t13-/m0/s1. The van der Waals surface area contributed by atoms with Gasteiger partial charge < -0.3 is 14.8 Å². The van der Waals surface area contributed by atoms with Gasteiger partial charge in [-0.25, -0.2) is 4.79 Å². The monoisotopic (exact) mass is 361 g/mol. The average Bonchev–Trinajstić information content (AvgIpc) is 2.57. The van der Waals surface area contributed by atoms with Crippen LogP contribution in [0.1, 0.15) is 28.4 Å². The summed E-state index contributed by atoms with van der Waals surface area (Å²) in [4.78, 5) is 24.4. The lowest BCUT2D eigenvalue weighted by molar-refractivity contribution is -0.123. The number of esters is 1. The second kappa shape index (κ2) is 8.03. The summed E-state index contributed by atoms with van der Waals surface area (Å²) in [5, 5.41) is 3.03. The Hall–Kier alpha value is -2.53. The van der Waals surface area contributed by atoms with Crippen molar-refractivity contribution in [3.63, 3.8) is 0 Å². The van der Waals surface area contributed by atoms with Gasteiger partial charge in [0.25, 0.3) is 5.91 Å². The quantitative estimate of drug-likeness (QED) is 0.812. The number of halogens is 1. The summed E-state index contributed by atoms with van der Waals surface area (Å²) in [6.07, 6.45) is -0.949. The van der Waals surface area contributed by atoms with Crippen molar-refractivity contribution in [2.24, 2.45) is 0 Å². The molecule has 0 aromatic heterocycles. The predicted octanol–water partition coefficient (Wildman–Crippen LogP) is 4.15. The zero-order chi connectivity index (χ0) is 18.6. The predicted molar refractivity (Wildman–Crippen MR) is 97.4 cm³/mol. The van der Waals surface area contributed by atoms with Crippen molar-refractivity contribution in [3.8, 4) is 5.75 Å². The first-order valence-corrected chi connectivity index (χ1v) is 8.12. The number of benzene rings is 2. The summed E-state index contributed by atoms with van der Waals surface area (Å²) in [5.74, 6) is -0.481. The van der Waals surface area contributed by atoms with Gasteiger partial charge in [-0.2, -0.15) is 0 Å².